The highest BCUT2D eigenvalue weighted by Gasteiger charge is 2.10. The lowest BCUT2D eigenvalue weighted by Crippen LogP contribution is -2.19. The number of benzene rings is 1. The predicted octanol–water partition coefficient (Wildman–Crippen LogP) is 2.35. The summed E-state index contributed by atoms with van der Waals surface area (Å²) in [4.78, 5) is 23.7. The van der Waals surface area contributed by atoms with E-state index in [4.69, 9.17) is 9.47 Å². The topological polar surface area (TPSA) is 57.5 Å². The van der Waals surface area contributed by atoms with Gasteiger partial charge in [-0.25, -0.2) is 0 Å². The van der Waals surface area contributed by atoms with Gasteiger partial charge in [0.25, 0.3) is 0 Å². The Bertz CT molecular complexity index is 703. The van der Waals surface area contributed by atoms with Crippen LogP contribution in [0.25, 0.3) is 10.9 Å². The molecule has 0 saturated heterocycles. The smallest absolute Gasteiger partial charge is 0.326 e. The van der Waals surface area contributed by atoms with Crippen LogP contribution in [0.4, 0.5) is 0 Å². The Hall–Kier alpha value is -2.30. The highest BCUT2D eigenvalue weighted by Crippen LogP contribution is 2.18. The molecule has 0 unspecified atom stereocenters. The predicted molar refractivity (Wildman–Crippen MR) is 80.6 cm³/mol. The summed E-state index contributed by atoms with van der Waals surface area (Å²) in [5, 5.41) is 0.529. The number of rotatable bonds is 5. The Morgan fingerprint density at radius 1 is 1.29 bits per heavy atom. The van der Waals surface area contributed by atoms with Crippen molar-refractivity contribution in [3.05, 3.63) is 40.7 Å². The van der Waals surface area contributed by atoms with Crippen molar-refractivity contribution in [3.8, 4) is 5.75 Å². The zero-order valence-electron chi connectivity index (χ0n) is 12.5. The van der Waals surface area contributed by atoms with Crippen molar-refractivity contribution < 1.29 is 14.3 Å². The quantitative estimate of drug-likeness (QED) is 0.793. The minimum Gasteiger partial charge on any atom is -0.494 e. The Balaban J connectivity index is 2.39. The van der Waals surface area contributed by atoms with Crippen molar-refractivity contribution >= 4 is 16.9 Å². The number of hydrogen-bond donors (Lipinski definition) is 0. The van der Waals surface area contributed by atoms with Gasteiger partial charge in [0.15, 0.2) is 5.43 Å². The van der Waals surface area contributed by atoms with Gasteiger partial charge in [0, 0.05) is 17.6 Å². The highest BCUT2D eigenvalue weighted by molar-refractivity contribution is 5.82. The van der Waals surface area contributed by atoms with Crippen molar-refractivity contribution in [1.29, 1.82) is 0 Å². The van der Waals surface area contributed by atoms with E-state index in [1.54, 1.807) is 42.8 Å². The summed E-state index contributed by atoms with van der Waals surface area (Å²) in [6.45, 7) is 6.09. The zero-order chi connectivity index (χ0) is 15.4. The summed E-state index contributed by atoms with van der Waals surface area (Å²) in [7, 11) is 0. The fourth-order valence-corrected chi connectivity index (χ4v) is 2.12. The normalized spacial score (nSPS) is 10.9. The average molecular weight is 289 g/mol. The van der Waals surface area contributed by atoms with Crippen LogP contribution in [-0.2, 0) is 16.1 Å². The SMILES string of the molecule is CCOc1ccc2c(c1)c(=O)ccn2CC(=O)OC(C)C. The van der Waals surface area contributed by atoms with E-state index in [0.29, 0.717) is 23.3 Å². The number of esters is 1. The van der Waals surface area contributed by atoms with E-state index in [0.717, 1.165) is 0 Å². The Labute approximate surface area is 123 Å². The summed E-state index contributed by atoms with van der Waals surface area (Å²) in [6, 6.07) is 6.71. The second-order valence-corrected chi connectivity index (χ2v) is 4.96. The van der Waals surface area contributed by atoms with Gasteiger partial charge in [-0.2, -0.15) is 0 Å². The standard InChI is InChI=1S/C16H19NO4/c1-4-20-12-5-6-14-13(9-12)15(18)7-8-17(14)10-16(19)21-11(2)3/h5-9,11H,4,10H2,1-3H3. The zero-order valence-corrected chi connectivity index (χ0v) is 12.5. The number of aromatic nitrogens is 1. The maximum absolute atomic E-state index is 12.0. The molecular formula is C16H19NO4. The van der Waals surface area contributed by atoms with Gasteiger partial charge in [-0.3, -0.25) is 9.59 Å². The first kappa shape index (κ1) is 15.1. The molecule has 0 radical (unpaired) electrons. The van der Waals surface area contributed by atoms with Gasteiger partial charge in [-0.15, -0.1) is 0 Å². The Kier molecular flexibility index (Phi) is 4.62. The molecule has 2 aromatic rings. The molecule has 0 amide bonds. The van der Waals surface area contributed by atoms with Gasteiger partial charge in [0.1, 0.15) is 12.3 Å². The van der Waals surface area contributed by atoms with Crippen LogP contribution in [0.2, 0.25) is 0 Å². The van der Waals surface area contributed by atoms with Crippen molar-refractivity contribution in [2.24, 2.45) is 0 Å². The molecule has 112 valence electrons. The summed E-state index contributed by atoms with van der Waals surface area (Å²) in [5.74, 6) is 0.313. The molecule has 0 atom stereocenters. The molecule has 2 rings (SSSR count). The molecular weight excluding hydrogens is 270 g/mol. The third-order valence-electron chi connectivity index (χ3n) is 2.93. The van der Waals surface area contributed by atoms with Gasteiger partial charge in [-0.1, -0.05) is 0 Å². The van der Waals surface area contributed by atoms with Gasteiger partial charge >= 0.3 is 5.97 Å². The number of fused-ring (bicyclic) bond motifs is 1. The number of carbonyl (C=O) groups excluding carboxylic acids is 1. The Morgan fingerprint density at radius 2 is 2.05 bits per heavy atom. The van der Waals surface area contributed by atoms with Crippen molar-refractivity contribution in [3.63, 3.8) is 0 Å². The number of pyridine rings is 1. The van der Waals surface area contributed by atoms with Crippen LogP contribution >= 0.6 is 0 Å². The van der Waals surface area contributed by atoms with Crippen LogP contribution in [-0.4, -0.2) is 23.2 Å². The van der Waals surface area contributed by atoms with Crippen LogP contribution in [0, 0.1) is 0 Å². The number of hydrogen-bond acceptors (Lipinski definition) is 4. The lowest BCUT2D eigenvalue weighted by molar-refractivity contribution is -0.148. The maximum atomic E-state index is 12.0. The second-order valence-electron chi connectivity index (χ2n) is 4.96. The monoisotopic (exact) mass is 289 g/mol. The molecule has 1 aromatic carbocycles. The van der Waals surface area contributed by atoms with Crippen LogP contribution in [0.5, 0.6) is 5.75 Å². The molecule has 0 bridgehead atoms. The molecule has 5 nitrogen and oxygen atoms in total. The van der Waals surface area contributed by atoms with Crippen LogP contribution < -0.4 is 10.2 Å². The third kappa shape index (κ3) is 3.62. The van der Waals surface area contributed by atoms with E-state index >= 15 is 0 Å². The van der Waals surface area contributed by atoms with Crippen LogP contribution in [0.15, 0.2) is 35.3 Å². The first-order chi connectivity index (χ1) is 10.0. The molecule has 0 spiro atoms. The first-order valence-electron chi connectivity index (χ1n) is 6.96. The molecule has 5 heteroatoms. The number of carbonyl (C=O) groups is 1. The second kappa shape index (κ2) is 6.43. The van der Waals surface area contributed by atoms with E-state index in [2.05, 4.69) is 0 Å². The van der Waals surface area contributed by atoms with Gasteiger partial charge < -0.3 is 14.0 Å². The molecule has 1 aromatic heterocycles. The van der Waals surface area contributed by atoms with Crippen LogP contribution in [0.1, 0.15) is 20.8 Å². The summed E-state index contributed by atoms with van der Waals surface area (Å²) in [5.41, 5.74) is 0.590. The van der Waals surface area contributed by atoms with Gasteiger partial charge in [-0.05, 0) is 39.0 Å². The summed E-state index contributed by atoms with van der Waals surface area (Å²) in [6.07, 6.45) is 1.44. The summed E-state index contributed by atoms with van der Waals surface area (Å²) >= 11 is 0. The molecule has 1 heterocycles. The highest BCUT2D eigenvalue weighted by atomic mass is 16.5. The molecule has 0 aliphatic rings. The fourth-order valence-electron chi connectivity index (χ4n) is 2.12. The molecule has 0 fully saturated rings. The minimum atomic E-state index is -0.330. The number of nitrogens with zero attached hydrogens (tertiary/aromatic N) is 1. The maximum Gasteiger partial charge on any atom is 0.326 e. The van der Waals surface area contributed by atoms with E-state index in [9.17, 15) is 9.59 Å². The summed E-state index contributed by atoms with van der Waals surface area (Å²) < 4.78 is 12.2. The molecule has 0 N–H and O–H groups in total. The van der Waals surface area contributed by atoms with Crippen LogP contribution in [0.3, 0.4) is 0 Å². The van der Waals surface area contributed by atoms with Gasteiger partial charge in [0.05, 0.1) is 18.2 Å². The minimum absolute atomic E-state index is 0.0724. The first-order valence-corrected chi connectivity index (χ1v) is 6.96. The lowest BCUT2D eigenvalue weighted by atomic mass is 10.2. The molecule has 0 aliphatic carbocycles. The number of ether oxygens (including phenoxy) is 2. The van der Waals surface area contributed by atoms with E-state index < -0.39 is 0 Å². The van der Waals surface area contributed by atoms with E-state index in [1.807, 2.05) is 6.92 Å². The average Bonchev–Trinajstić information content (AvgIpc) is 2.42. The van der Waals surface area contributed by atoms with Gasteiger partial charge in [0.2, 0.25) is 0 Å². The van der Waals surface area contributed by atoms with Crippen molar-refractivity contribution in [2.75, 3.05) is 6.61 Å². The van der Waals surface area contributed by atoms with Crippen molar-refractivity contribution in [2.45, 2.75) is 33.4 Å². The van der Waals surface area contributed by atoms with E-state index in [1.165, 1.54) is 6.07 Å². The molecule has 0 aliphatic heterocycles. The fraction of sp³-hybridized carbons (Fsp3) is 0.375. The molecule has 0 saturated carbocycles. The third-order valence-corrected chi connectivity index (χ3v) is 2.93. The van der Waals surface area contributed by atoms with E-state index in [-0.39, 0.29) is 24.0 Å². The van der Waals surface area contributed by atoms with Crippen molar-refractivity contribution in [1.82, 2.24) is 4.57 Å². The Morgan fingerprint density at radius 3 is 2.71 bits per heavy atom. The largest absolute Gasteiger partial charge is 0.494 e. The molecule has 21 heavy (non-hydrogen) atoms. The lowest BCUT2D eigenvalue weighted by Gasteiger charge is -2.13.